The van der Waals surface area contributed by atoms with Crippen LogP contribution in [0.2, 0.25) is 5.02 Å². The summed E-state index contributed by atoms with van der Waals surface area (Å²) >= 11 is 6.05. The second kappa shape index (κ2) is 21.6. The first-order chi connectivity index (χ1) is 36.9. The van der Waals surface area contributed by atoms with Gasteiger partial charge in [-0.3, -0.25) is 9.97 Å². The van der Waals surface area contributed by atoms with Crippen molar-refractivity contribution in [1.82, 2.24) is 29.7 Å². The molecule has 0 saturated carbocycles. The van der Waals surface area contributed by atoms with Crippen molar-refractivity contribution in [2.24, 2.45) is 0 Å². The normalized spacial score (nSPS) is 14.6. The Morgan fingerprint density at radius 3 is 1.49 bits per heavy atom. The molecule has 0 atom stereocenters. The molecule has 2 aromatic heterocycles. The predicted octanol–water partition coefficient (Wildman–Crippen LogP) is 12.0. The van der Waals surface area contributed by atoms with Crippen molar-refractivity contribution < 1.29 is 45.4 Å². The molecule has 4 heterocycles. The molecule has 23 heteroatoms. The Labute approximate surface area is 442 Å². The largest absolute Gasteiger partial charge is 0.457 e. The highest BCUT2D eigenvalue weighted by molar-refractivity contribution is 6.31. The Hall–Kier alpha value is -8.47. The minimum Gasteiger partial charge on any atom is -0.457 e. The molecule has 2 N–H and O–H groups in total. The fraction of sp³-hybridized carbons (Fsp3) is 0.222. The number of hydrazine groups is 1. The number of hydrogen-bond acceptors (Lipinski definition) is 12. The number of nitrogens with one attached hydrogen (secondary N) is 2. The number of nitrogens with zero attached hydrogens (tertiary/aromatic N) is 10. The zero-order valence-electron chi connectivity index (χ0n) is 41.2. The number of benzene rings is 6. The van der Waals surface area contributed by atoms with Crippen LogP contribution in [0.15, 0.2) is 140 Å². The summed E-state index contributed by atoms with van der Waals surface area (Å²) in [6.45, 7) is 6.68. The van der Waals surface area contributed by atoms with Gasteiger partial charge in [0.15, 0.2) is 0 Å². The van der Waals surface area contributed by atoms with Crippen LogP contribution in [0, 0.1) is 0 Å². The fourth-order valence-corrected chi connectivity index (χ4v) is 8.86. The van der Waals surface area contributed by atoms with E-state index in [-0.39, 0.29) is 22.8 Å². The SMILES string of the molecule is CN1CCN(c2cnc3ccc(Oc4ccc(NC(=O)N(c5ccc(Cl)c(C(F)(F)F)c5)N(C(=O)Nc5cccc(C(F)(F)F)c5)c5ccc(Oc6ccc7ncc(N8CCN(C)CC8)nc7c6)cc5)cc4)cc3n2)CC1. The number of rotatable bonds is 10. The molecule has 0 spiro atoms. The van der Waals surface area contributed by atoms with Crippen LogP contribution in [-0.4, -0.2) is 108 Å². The van der Waals surface area contributed by atoms with Crippen molar-refractivity contribution in [3.63, 3.8) is 0 Å². The number of alkyl halides is 6. The van der Waals surface area contributed by atoms with Crippen LogP contribution in [0.4, 0.5) is 70.3 Å². The van der Waals surface area contributed by atoms with Crippen LogP contribution in [0.25, 0.3) is 22.1 Å². The molecule has 0 radical (unpaired) electrons. The summed E-state index contributed by atoms with van der Waals surface area (Å²) in [5.41, 5.74) is -0.872. The molecule has 4 amide bonds. The molecular weight excluding hydrogens is 1030 g/mol. The zero-order chi connectivity index (χ0) is 54.0. The highest BCUT2D eigenvalue weighted by Crippen LogP contribution is 2.39. The zero-order valence-corrected chi connectivity index (χ0v) is 41.9. The quantitative estimate of drug-likeness (QED) is 0.0992. The van der Waals surface area contributed by atoms with Gasteiger partial charge >= 0.3 is 24.4 Å². The van der Waals surface area contributed by atoms with Crippen LogP contribution in [0.3, 0.4) is 0 Å². The maximum Gasteiger partial charge on any atom is 0.417 e. The van der Waals surface area contributed by atoms with Crippen LogP contribution in [0.1, 0.15) is 11.1 Å². The van der Waals surface area contributed by atoms with E-state index in [1.54, 1.807) is 48.8 Å². The second-order valence-electron chi connectivity index (χ2n) is 18.3. The molecule has 0 bridgehead atoms. The lowest BCUT2D eigenvalue weighted by atomic mass is 10.2. The van der Waals surface area contributed by atoms with E-state index in [1.807, 2.05) is 0 Å². The number of ether oxygens (including phenoxy) is 2. The topological polar surface area (TPSA) is 148 Å². The molecule has 77 heavy (non-hydrogen) atoms. The summed E-state index contributed by atoms with van der Waals surface area (Å²) in [6, 6.07) is 25.7. The van der Waals surface area contributed by atoms with Gasteiger partial charge < -0.3 is 39.7 Å². The summed E-state index contributed by atoms with van der Waals surface area (Å²) < 4.78 is 97.5. The van der Waals surface area contributed by atoms with Gasteiger partial charge in [0.1, 0.15) is 34.6 Å². The Morgan fingerprint density at radius 2 is 0.987 bits per heavy atom. The Balaban J connectivity index is 0.954. The van der Waals surface area contributed by atoms with E-state index in [0.717, 1.165) is 82.4 Å². The molecule has 0 aliphatic carbocycles. The third kappa shape index (κ3) is 12.1. The van der Waals surface area contributed by atoms with Gasteiger partial charge in [0, 0.05) is 75.9 Å². The van der Waals surface area contributed by atoms with E-state index in [0.29, 0.717) is 67.3 Å². The molecule has 8 aromatic rings. The summed E-state index contributed by atoms with van der Waals surface area (Å²) in [6.07, 6.45) is -6.37. The van der Waals surface area contributed by atoms with Crippen LogP contribution < -0.4 is 39.9 Å². The average Bonchev–Trinajstić information content (AvgIpc) is 3.42. The number of anilines is 6. The lowest BCUT2D eigenvalue weighted by molar-refractivity contribution is -0.138. The molecular formula is C54H47ClF6N12O4. The van der Waals surface area contributed by atoms with Crippen molar-refractivity contribution in [1.29, 1.82) is 0 Å². The van der Waals surface area contributed by atoms with Crippen molar-refractivity contribution in [3.05, 3.63) is 156 Å². The van der Waals surface area contributed by atoms with E-state index < -0.39 is 46.3 Å². The van der Waals surface area contributed by atoms with Gasteiger partial charge in [-0.2, -0.15) is 36.4 Å². The van der Waals surface area contributed by atoms with Gasteiger partial charge in [-0.15, -0.1) is 0 Å². The van der Waals surface area contributed by atoms with Crippen molar-refractivity contribution in [3.8, 4) is 23.0 Å². The Morgan fingerprint density at radius 1 is 0.519 bits per heavy atom. The number of halogens is 7. The third-order valence-electron chi connectivity index (χ3n) is 12.8. The number of fused-ring (bicyclic) bond motifs is 2. The minimum atomic E-state index is -5.03. The average molecular weight is 1080 g/mol. The van der Waals surface area contributed by atoms with Gasteiger partial charge in [0.05, 0.1) is 62.0 Å². The summed E-state index contributed by atoms with van der Waals surface area (Å²) in [5.74, 6) is 2.83. The number of likely N-dealkylation sites (N-methyl/N-ethyl adjacent to an activating group) is 2. The molecule has 0 unspecified atom stereocenters. The lowest BCUT2D eigenvalue weighted by Crippen LogP contribution is -2.54. The van der Waals surface area contributed by atoms with E-state index in [9.17, 15) is 35.9 Å². The first-order valence-corrected chi connectivity index (χ1v) is 24.5. The van der Waals surface area contributed by atoms with Gasteiger partial charge in [-0.1, -0.05) is 17.7 Å². The smallest absolute Gasteiger partial charge is 0.417 e. The van der Waals surface area contributed by atoms with Crippen LogP contribution in [0.5, 0.6) is 23.0 Å². The number of piperazine rings is 2. The van der Waals surface area contributed by atoms with Gasteiger partial charge in [-0.05, 0) is 123 Å². The minimum absolute atomic E-state index is 0.108. The molecule has 2 aliphatic heterocycles. The van der Waals surface area contributed by atoms with E-state index in [4.69, 9.17) is 31.0 Å². The summed E-state index contributed by atoms with van der Waals surface area (Å²) in [5, 5.41) is 5.58. The Kier molecular flexibility index (Phi) is 14.6. The number of urea groups is 2. The number of amides is 4. The standard InChI is InChI=1S/C54H47ClF6N12O4/c1-68-20-24-70(25-21-68)49-32-62-45-18-15-41(30-47(45)66-49)76-39-11-6-35(7-12-39)64-51(74)73(38-10-17-44(55)43(29-38)54(59,60)61)72(52(75)65-36-5-3-4-34(28-36)53(56,57)58)37-8-13-40(14-9-37)77-42-16-19-46-48(31-42)67-50(33-63-46)71-26-22-69(2)23-27-71/h3-19,28-33H,20-27H2,1-2H3,(H,64,74)(H,65,75). The van der Waals surface area contributed by atoms with E-state index in [1.165, 1.54) is 54.6 Å². The van der Waals surface area contributed by atoms with Crippen LogP contribution in [-0.2, 0) is 12.4 Å². The summed E-state index contributed by atoms with van der Waals surface area (Å²) in [4.78, 5) is 57.0. The Bertz CT molecular complexity index is 3450. The van der Waals surface area contributed by atoms with Gasteiger partial charge in [-0.25, -0.2) is 19.6 Å². The fourth-order valence-electron chi connectivity index (χ4n) is 8.64. The lowest BCUT2D eigenvalue weighted by Gasteiger charge is -2.35. The molecule has 2 fully saturated rings. The monoisotopic (exact) mass is 1080 g/mol. The molecule has 16 nitrogen and oxygen atoms in total. The number of carbonyl (C=O) groups is 2. The molecule has 2 saturated heterocycles. The first kappa shape index (κ1) is 52.0. The van der Waals surface area contributed by atoms with E-state index >= 15 is 0 Å². The highest BCUT2D eigenvalue weighted by Gasteiger charge is 2.37. The van der Waals surface area contributed by atoms with Crippen LogP contribution >= 0.6 is 11.6 Å². The molecule has 396 valence electrons. The van der Waals surface area contributed by atoms with Crippen molar-refractivity contribution >= 4 is 80.1 Å². The molecule has 2 aliphatic rings. The van der Waals surface area contributed by atoms with Gasteiger partial charge in [0.2, 0.25) is 0 Å². The maximum absolute atomic E-state index is 14.8. The molecule has 6 aromatic carbocycles. The summed E-state index contributed by atoms with van der Waals surface area (Å²) in [7, 11) is 4.12. The maximum atomic E-state index is 14.8. The highest BCUT2D eigenvalue weighted by atomic mass is 35.5. The number of hydrogen-bond donors (Lipinski definition) is 2. The predicted molar refractivity (Wildman–Crippen MR) is 282 cm³/mol. The second-order valence-corrected chi connectivity index (χ2v) is 18.7. The number of carbonyl (C=O) groups excluding carboxylic acids is 2. The van der Waals surface area contributed by atoms with Gasteiger partial charge in [0.25, 0.3) is 0 Å². The number of aromatic nitrogens is 4. The van der Waals surface area contributed by atoms with Crippen molar-refractivity contribution in [2.75, 3.05) is 96.9 Å². The third-order valence-corrected chi connectivity index (χ3v) is 13.2. The first-order valence-electron chi connectivity index (χ1n) is 24.1. The molecule has 10 rings (SSSR count). The van der Waals surface area contributed by atoms with E-state index in [2.05, 4.69) is 54.3 Å². The van der Waals surface area contributed by atoms with Crippen molar-refractivity contribution in [2.45, 2.75) is 12.4 Å².